The first-order valence-electron chi connectivity index (χ1n) is 5.64. The van der Waals surface area contributed by atoms with E-state index in [0.29, 0.717) is 0 Å². The van der Waals surface area contributed by atoms with E-state index in [2.05, 4.69) is 41.5 Å². The topological polar surface area (TPSA) is 24.9 Å². The van der Waals surface area contributed by atoms with Crippen LogP contribution in [0.5, 0.6) is 0 Å². The van der Waals surface area contributed by atoms with Gasteiger partial charge < -0.3 is 5.32 Å². The van der Waals surface area contributed by atoms with Gasteiger partial charge in [0.15, 0.2) is 0 Å². The van der Waals surface area contributed by atoms with E-state index in [1.54, 1.807) is 0 Å². The molecule has 1 N–H and O–H groups in total. The van der Waals surface area contributed by atoms with E-state index >= 15 is 0 Å². The summed E-state index contributed by atoms with van der Waals surface area (Å²) in [6, 6.07) is 12.5. The van der Waals surface area contributed by atoms with Gasteiger partial charge in [0.05, 0.1) is 0 Å². The lowest BCUT2D eigenvalue weighted by molar-refractivity contribution is 0.980. The molecule has 0 atom stereocenters. The van der Waals surface area contributed by atoms with Crippen molar-refractivity contribution >= 4 is 5.69 Å². The van der Waals surface area contributed by atoms with E-state index in [0.717, 1.165) is 13.0 Å². The standard InChI is InChI=1S/C14H16N2/c1-2-8-16-14-5-3-4-13(11-14)12-6-9-15-10-7-12/h3-7,9-11,16H,2,8H2,1H3. The zero-order chi connectivity index (χ0) is 11.2. The molecule has 0 saturated carbocycles. The molecule has 1 aromatic heterocycles. The monoisotopic (exact) mass is 212 g/mol. The van der Waals surface area contributed by atoms with Crippen LogP contribution in [0, 0.1) is 0 Å². The quantitative estimate of drug-likeness (QED) is 0.838. The van der Waals surface area contributed by atoms with Crippen molar-refractivity contribution in [2.45, 2.75) is 13.3 Å². The van der Waals surface area contributed by atoms with Crippen molar-refractivity contribution in [3.8, 4) is 11.1 Å². The fraction of sp³-hybridized carbons (Fsp3) is 0.214. The Hall–Kier alpha value is -1.83. The van der Waals surface area contributed by atoms with E-state index in [-0.39, 0.29) is 0 Å². The van der Waals surface area contributed by atoms with Crippen molar-refractivity contribution < 1.29 is 0 Å². The molecule has 0 bridgehead atoms. The van der Waals surface area contributed by atoms with Gasteiger partial charge in [-0.25, -0.2) is 0 Å². The third-order valence-corrected chi connectivity index (χ3v) is 2.46. The van der Waals surface area contributed by atoms with Crippen LogP contribution in [0.15, 0.2) is 48.8 Å². The minimum atomic E-state index is 1.01. The van der Waals surface area contributed by atoms with Crippen LogP contribution in [-0.2, 0) is 0 Å². The molecule has 2 nitrogen and oxygen atoms in total. The maximum absolute atomic E-state index is 4.03. The lowest BCUT2D eigenvalue weighted by Gasteiger charge is -2.07. The van der Waals surface area contributed by atoms with Crippen molar-refractivity contribution in [2.24, 2.45) is 0 Å². The smallest absolute Gasteiger partial charge is 0.0346 e. The second-order valence-electron chi connectivity index (χ2n) is 3.74. The van der Waals surface area contributed by atoms with Crippen molar-refractivity contribution in [3.63, 3.8) is 0 Å². The molecule has 0 unspecified atom stereocenters. The Labute approximate surface area is 96.4 Å². The molecule has 0 radical (unpaired) electrons. The lowest BCUT2D eigenvalue weighted by atomic mass is 10.1. The number of hydrogen-bond donors (Lipinski definition) is 1. The predicted molar refractivity (Wildman–Crippen MR) is 68.5 cm³/mol. The highest BCUT2D eigenvalue weighted by Gasteiger charge is 1.97. The normalized spacial score (nSPS) is 10.1. The largest absolute Gasteiger partial charge is 0.385 e. The molecule has 82 valence electrons. The van der Waals surface area contributed by atoms with Crippen LogP contribution in [0.2, 0.25) is 0 Å². The molecular formula is C14H16N2. The van der Waals surface area contributed by atoms with Crippen LogP contribution < -0.4 is 5.32 Å². The molecule has 2 heteroatoms. The number of rotatable bonds is 4. The van der Waals surface area contributed by atoms with Crippen LogP contribution in [0.3, 0.4) is 0 Å². The first kappa shape index (κ1) is 10.7. The number of aromatic nitrogens is 1. The third kappa shape index (κ3) is 2.60. The van der Waals surface area contributed by atoms with Gasteiger partial charge in [-0.05, 0) is 41.8 Å². The lowest BCUT2D eigenvalue weighted by Crippen LogP contribution is -1.99. The zero-order valence-corrected chi connectivity index (χ0v) is 9.48. The Kier molecular flexibility index (Phi) is 3.54. The maximum Gasteiger partial charge on any atom is 0.0346 e. The fourth-order valence-corrected chi connectivity index (χ4v) is 1.62. The summed E-state index contributed by atoms with van der Waals surface area (Å²) in [5, 5.41) is 3.39. The van der Waals surface area contributed by atoms with Crippen LogP contribution >= 0.6 is 0 Å². The van der Waals surface area contributed by atoms with Gasteiger partial charge in [0.1, 0.15) is 0 Å². The molecular weight excluding hydrogens is 196 g/mol. The van der Waals surface area contributed by atoms with Gasteiger partial charge in [-0.1, -0.05) is 19.1 Å². The molecule has 0 fully saturated rings. The molecule has 0 aliphatic heterocycles. The highest BCUT2D eigenvalue weighted by Crippen LogP contribution is 2.21. The molecule has 2 aromatic rings. The van der Waals surface area contributed by atoms with Crippen molar-refractivity contribution in [2.75, 3.05) is 11.9 Å². The first-order valence-corrected chi connectivity index (χ1v) is 5.64. The molecule has 16 heavy (non-hydrogen) atoms. The van der Waals surface area contributed by atoms with Crippen molar-refractivity contribution in [3.05, 3.63) is 48.8 Å². The Morgan fingerprint density at radius 2 is 1.88 bits per heavy atom. The summed E-state index contributed by atoms with van der Waals surface area (Å²) in [6.07, 6.45) is 4.78. The van der Waals surface area contributed by atoms with Gasteiger partial charge in [-0.15, -0.1) is 0 Å². The van der Waals surface area contributed by atoms with Crippen LogP contribution in [0.4, 0.5) is 5.69 Å². The molecule has 0 amide bonds. The SMILES string of the molecule is CCCNc1cccc(-c2ccncc2)c1. The van der Waals surface area contributed by atoms with E-state index in [1.807, 2.05) is 24.5 Å². The number of nitrogens with one attached hydrogen (secondary N) is 1. The number of pyridine rings is 1. The summed E-state index contributed by atoms with van der Waals surface area (Å²) in [4.78, 5) is 4.03. The van der Waals surface area contributed by atoms with Gasteiger partial charge in [0.2, 0.25) is 0 Å². The van der Waals surface area contributed by atoms with E-state index in [9.17, 15) is 0 Å². The fourth-order valence-electron chi connectivity index (χ4n) is 1.62. The Balaban J connectivity index is 2.22. The average Bonchev–Trinajstić information content (AvgIpc) is 2.38. The van der Waals surface area contributed by atoms with E-state index in [1.165, 1.54) is 16.8 Å². The summed E-state index contributed by atoms with van der Waals surface area (Å²) < 4.78 is 0. The second-order valence-corrected chi connectivity index (χ2v) is 3.74. The minimum Gasteiger partial charge on any atom is -0.385 e. The Bertz CT molecular complexity index is 437. The summed E-state index contributed by atoms with van der Waals surface area (Å²) in [6.45, 7) is 3.18. The van der Waals surface area contributed by atoms with Gasteiger partial charge in [0.25, 0.3) is 0 Å². The molecule has 0 spiro atoms. The van der Waals surface area contributed by atoms with Gasteiger partial charge in [0, 0.05) is 24.6 Å². The molecule has 1 heterocycles. The number of nitrogens with zero attached hydrogens (tertiary/aromatic N) is 1. The molecule has 0 aliphatic carbocycles. The third-order valence-electron chi connectivity index (χ3n) is 2.46. The minimum absolute atomic E-state index is 1.01. The predicted octanol–water partition coefficient (Wildman–Crippen LogP) is 3.57. The molecule has 1 aromatic carbocycles. The highest BCUT2D eigenvalue weighted by atomic mass is 14.9. The van der Waals surface area contributed by atoms with E-state index in [4.69, 9.17) is 0 Å². The van der Waals surface area contributed by atoms with E-state index < -0.39 is 0 Å². The number of benzene rings is 1. The van der Waals surface area contributed by atoms with Crippen molar-refractivity contribution in [1.82, 2.24) is 4.98 Å². The number of anilines is 1. The average molecular weight is 212 g/mol. The highest BCUT2D eigenvalue weighted by molar-refractivity contribution is 5.67. The Morgan fingerprint density at radius 1 is 1.06 bits per heavy atom. The second kappa shape index (κ2) is 5.31. The van der Waals surface area contributed by atoms with Gasteiger partial charge >= 0.3 is 0 Å². The van der Waals surface area contributed by atoms with Gasteiger partial charge in [-0.2, -0.15) is 0 Å². The summed E-state index contributed by atoms with van der Waals surface area (Å²) >= 11 is 0. The van der Waals surface area contributed by atoms with Crippen LogP contribution in [0.25, 0.3) is 11.1 Å². The maximum atomic E-state index is 4.03. The number of hydrogen-bond acceptors (Lipinski definition) is 2. The summed E-state index contributed by atoms with van der Waals surface area (Å²) in [7, 11) is 0. The molecule has 0 aliphatic rings. The Morgan fingerprint density at radius 3 is 2.62 bits per heavy atom. The molecule has 2 rings (SSSR count). The van der Waals surface area contributed by atoms with Crippen LogP contribution in [0.1, 0.15) is 13.3 Å². The van der Waals surface area contributed by atoms with Crippen molar-refractivity contribution in [1.29, 1.82) is 0 Å². The van der Waals surface area contributed by atoms with Gasteiger partial charge in [-0.3, -0.25) is 4.98 Å². The first-order chi connectivity index (χ1) is 7.90. The summed E-state index contributed by atoms with van der Waals surface area (Å²) in [5.74, 6) is 0. The summed E-state index contributed by atoms with van der Waals surface area (Å²) in [5.41, 5.74) is 3.61. The van der Waals surface area contributed by atoms with Crippen LogP contribution in [-0.4, -0.2) is 11.5 Å². The zero-order valence-electron chi connectivity index (χ0n) is 9.48. The molecule has 0 saturated heterocycles.